The number of anilines is 2. The van der Waals surface area contributed by atoms with Crippen LogP contribution >= 0.6 is 0 Å². The zero-order valence-corrected chi connectivity index (χ0v) is 25.5. The zero-order valence-electron chi connectivity index (χ0n) is 25.5. The number of aromatic amines is 1. The van der Waals surface area contributed by atoms with Crippen molar-refractivity contribution in [1.29, 1.82) is 0 Å². The molecule has 13 heteroatoms. The molecule has 2 aromatic rings. The second kappa shape index (κ2) is 15.2. The molecule has 0 spiro atoms. The van der Waals surface area contributed by atoms with Gasteiger partial charge in [-0.3, -0.25) is 4.79 Å². The highest BCUT2D eigenvalue weighted by atomic mass is 19.4. The summed E-state index contributed by atoms with van der Waals surface area (Å²) in [5, 5.41) is 8.35. The fourth-order valence-corrected chi connectivity index (χ4v) is 4.18. The summed E-state index contributed by atoms with van der Waals surface area (Å²) in [5.74, 6) is 0.967. The number of ether oxygens (including phenoxy) is 1. The van der Waals surface area contributed by atoms with Gasteiger partial charge >= 0.3 is 12.4 Å². The predicted molar refractivity (Wildman–Crippen MR) is 160 cm³/mol. The number of rotatable bonds is 8. The van der Waals surface area contributed by atoms with Crippen molar-refractivity contribution in [1.82, 2.24) is 20.6 Å². The molecule has 3 rings (SSSR count). The Morgan fingerprint density at radius 3 is 2.31 bits per heavy atom. The Balaban J connectivity index is 0.000000299. The molecular formula is C29H46F3N7O3. The zero-order chi connectivity index (χ0) is 31.6. The van der Waals surface area contributed by atoms with Crippen LogP contribution in [0.4, 0.5) is 29.3 Å². The minimum Gasteiger partial charge on any atom is -0.404 e. The molecule has 6 N–H and O–H groups in total. The highest BCUT2D eigenvalue weighted by molar-refractivity contribution is 5.91. The first-order chi connectivity index (χ1) is 19.5. The molecule has 0 unspecified atom stereocenters. The molecule has 0 atom stereocenters. The molecule has 1 aliphatic rings. The standard InChI is InChI=1S/C17H31N5O.C12H15F3N2O2/c1-17(2,3)16-20-12-14(15(23)21-16)22-9-5-13(6-10-22)11-19-8-4-7-18;1-11(2,3)17-10(18)16-8-6-4-5-7-9(8)19-12(13,14)15/h12-13,19H,4-11,18H2,1-3H3,(H,20,21,23);4-7H,1-3H3,(H2,16,17,18). The third kappa shape index (κ3) is 12.7. The number of nitrogens with zero attached hydrogens (tertiary/aromatic N) is 2. The third-order valence-electron chi connectivity index (χ3n) is 6.29. The SMILES string of the molecule is CC(C)(C)NC(=O)Nc1ccccc1OC(F)(F)F.CC(C)(C)c1ncc(N2CCC(CNCCCN)CC2)c(=O)[nH]1. The largest absolute Gasteiger partial charge is 0.573 e. The lowest BCUT2D eigenvalue weighted by Crippen LogP contribution is -2.43. The molecule has 2 amide bonds. The van der Waals surface area contributed by atoms with Gasteiger partial charge in [-0.1, -0.05) is 32.9 Å². The number of amides is 2. The first kappa shape index (κ1) is 34.9. The second-order valence-electron chi connectivity index (χ2n) is 12.3. The molecule has 1 saturated heterocycles. The van der Waals surface area contributed by atoms with Crippen molar-refractivity contribution in [2.24, 2.45) is 11.7 Å². The van der Waals surface area contributed by atoms with Crippen molar-refractivity contribution in [2.45, 2.75) is 78.1 Å². The first-order valence-electron chi connectivity index (χ1n) is 14.2. The van der Waals surface area contributed by atoms with Gasteiger partial charge in [-0.15, -0.1) is 13.2 Å². The molecule has 1 aromatic carbocycles. The van der Waals surface area contributed by atoms with Gasteiger partial charge in [0, 0.05) is 24.0 Å². The molecule has 0 saturated carbocycles. The van der Waals surface area contributed by atoms with E-state index in [1.165, 1.54) is 18.2 Å². The fourth-order valence-electron chi connectivity index (χ4n) is 4.18. The number of alkyl halides is 3. The minimum atomic E-state index is -4.81. The Kier molecular flexibility index (Phi) is 12.7. The van der Waals surface area contributed by atoms with Crippen LogP contribution < -0.4 is 36.9 Å². The number of piperidine rings is 1. The monoisotopic (exact) mass is 597 g/mol. The first-order valence-corrected chi connectivity index (χ1v) is 14.2. The van der Waals surface area contributed by atoms with E-state index in [4.69, 9.17) is 5.73 Å². The van der Waals surface area contributed by atoms with E-state index in [0.717, 1.165) is 63.9 Å². The molecule has 42 heavy (non-hydrogen) atoms. The van der Waals surface area contributed by atoms with Gasteiger partial charge < -0.3 is 36.3 Å². The lowest BCUT2D eigenvalue weighted by atomic mass is 9.95. The van der Waals surface area contributed by atoms with Gasteiger partial charge in [0.1, 0.15) is 11.5 Å². The van der Waals surface area contributed by atoms with Crippen LogP contribution in [-0.2, 0) is 5.41 Å². The number of carbonyl (C=O) groups is 1. The maximum atomic E-state index is 12.4. The molecule has 2 heterocycles. The van der Waals surface area contributed by atoms with E-state index in [1.807, 2.05) is 20.8 Å². The summed E-state index contributed by atoms with van der Waals surface area (Å²) in [6.07, 6.45) is 0.170. The molecule has 1 aromatic heterocycles. The van der Waals surface area contributed by atoms with Crippen molar-refractivity contribution in [3.8, 4) is 5.75 Å². The van der Waals surface area contributed by atoms with E-state index in [1.54, 1.807) is 27.0 Å². The number of nitrogens with one attached hydrogen (secondary N) is 4. The van der Waals surface area contributed by atoms with Crippen molar-refractivity contribution >= 4 is 17.4 Å². The number of para-hydroxylation sites is 2. The summed E-state index contributed by atoms with van der Waals surface area (Å²) in [5.41, 5.74) is 5.49. The molecule has 0 aliphatic carbocycles. The van der Waals surface area contributed by atoms with Crippen LogP contribution in [0.3, 0.4) is 0 Å². The minimum absolute atomic E-state index is 0.0237. The van der Waals surface area contributed by atoms with E-state index in [-0.39, 0.29) is 16.7 Å². The summed E-state index contributed by atoms with van der Waals surface area (Å²) in [6, 6.07) is 4.72. The van der Waals surface area contributed by atoms with Crippen LogP contribution in [0.1, 0.15) is 66.6 Å². The Morgan fingerprint density at radius 1 is 1.12 bits per heavy atom. The number of carbonyl (C=O) groups excluding carboxylic acids is 1. The molecular weight excluding hydrogens is 551 g/mol. The van der Waals surface area contributed by atoms with E-state index in [9.17, 15) is 22.8 Å². The van der Waals surface area contributed by atoms with Gasteiger partial charge in [-0.05, 0) is 77.7 Å². The summed E-state index contributed by atoms with van der Waals surface area (Å²) in [6.45, 7) is 16.0. The Bertz CT molecular complexity index is 1180. The van der Waals surface area contributed by atoms with E-state index < -0.39 is 23.7 Å². The normalized spacial score (nSPS) is 14.6. The molecule has 10 nitrogen and oxygen atoms in total. The van der Waals surface area contributed by atoms with Crippen molar-refractivity contribution < 1.29 is 22.7 Å². The smallest absolute Gasteiger partial charge is 0.404 e. The third-order valence-corrected chi connectivity index (χ3v) is 6.29. The number of urea groups is 1. The number of hydrogen-bond acceptors (Lipinski definition) is 7. The molecule has 0 bridgehead atoms. The van der Waals surface area contributed by atoms with Gasteiger partial charge in [0.05, 0.1) is 11.9 Å². The van der Waals surface area contributed by atoms with Crippen LogP contribution in [0.15, 0.2) is 35.3 Å². The topological polar surface area (TPSA) is 137 Å². The Hall–Kier alpha value is -3.32. The lowest BCUT2D eigenvalue weighted by Gasteiger charge is -2.33. The highest BCUT2D eigenvalue weighted by Crippen LogP contribution is 2.30. The average Bonchev–Trinajstić information content (AvgIpc) is 2.86. The summed E-state index contributed by atoms with van der Waals surface area (Å²) in [4.78, 5) is 33.5. The molecule has 1 fully saturated rings. The number of nitrogens with two attached hydrogens (primary N) is 1. The second-order valence-corrected chi connectivity index (χ2v) is 12.3. The lowest BCUT2D eigenvalue weighted by molar-refractivity contribution is -0.274. The predicted octanol–water partition coefficient (Wildman–Crippen LogP) is 4.73. The number of benzene rings is 1. The quantitative estimate of drug-likeness (QED) is 0.278. The van der Waals surface area contributed by atoms with E-state index >= 15 is 0 Å². The number of H-pyrrole nitrogens is 1. The highest BCUT2D eigenvalue weighted by Gasteiger charge is 2.32. The summed E-state index contributed by atoms with van der Waals surface area (Å²) in [7, 11) is 0. The van der Waals surface area contributed by atoms with Gasteiger partial charge in [-0.25, -0.2) is 9.78 Å². The van der Waals surface area contributed by atoms with Crippen molar-refractivity contribution in [2.75, 3.05) is 42.9 Å². The Morgan fingerprint density at radius 2 is 1.76 bits per heavy atom. The molecule has 0 radical (unpaired) electrons. The van der Waals surface area contributed by atoms with Crippen LogP contribution in [0, 0.1) is 5.92 Å². The van der Waals surface area contributed by atoms with Crippen LogP contribution in [0.2, 0.25) is 0 Å². The summed E-state index contributed by atoms with van der Waals surface area (Å²) >= 11 is 0. The van der Waals surface area contributed by atoms with Crippen molar-refractivity contribution in [3.63, 3.8) is 0 Å². The van der Waals surface area contributed by atoms with Gasteiger partial charge in [0.25, 0.3) is 5.56 Å². The van der Waals surface area contributed by atoms with Gasteiger partial charge in [-0.2, -0.15) is 0 Å². The van der Waals surface area contributed by atoms with E-state index in [0.29, 0.717) is 11.6 Å². The number of hydrogen-bond donors (Lipinski definition) is 5. The Labute approximate surface area is 246 Å². The van der Waals surface area contributed by atoms with Gasteiger partial charge in [0.15, 0.2) is 5.75 Å². The maximum Gasteiger partial charge on any atom is 0.573 e. The fraction of sp³-hybridized carbons (Fsp3) is 0.621. The van der Waals surface area contributed by atoms with Crippen LogP contribution in [0.5, 0.6) is 5.75 Å². The van der Waals surface area contributed by atoms with E-state index in [2.05, 4.69) is 35.6 Å². The summed E-state index contributed by atoms with van der Waals surface area (Å²) < 4.78 is 40.4. The maximum absolute atomic E-state index is 12.4. The van der Waals surface area contributed by atoms with Crippen LogP contribution in [0.25, 0.3) is 0 Å². The molecule has 236 valence electrons. The van der Waals surface area contributed by atoms with Crippen LogP contribution in [-0.4, -0.2) is 60.6 Å². The average molecular weight is 598 g/mol. The molecule has 1 aliphatic heterocycles. The van der Waals surface area contributed by atoms with Gasteiger partial charge in [0.2, 0.25) is 0 Å². The van der Waals surface area contributed by atoms with Crippen molar-refractivity contribution in [3.05, 3.63) is 46.6 Å². The number of halogens is 3. The number of aromatic nitrogens is 2.